The Morgan fingerprint density at radius 3 is 2.43 bits per heavy atom. The van der Waals surface area contributed by atoms with Crippen molar-refractivity contribution in [1.82, 2.24) is 0 Å². The largest absolute Gasteiger partial charge is 0.481 e. The highest BCUT2D eigenvalue weighted by Crippen LogP contribution is 2.16. The normalized spacial score (nSPS) is 11.9. The molecule has 0 radical (unpaired) electrons. The summed E-state index contributed by atoms with van der Waals surface area (Å²) in [5.41, 5.74) is 6.05. The Balaban J connectivity index is 2.64. The standard InChI is InChI=1S/C10H14N2O2/c1-7(10(11)13)14-9-5-3-8(12-2)4-6-9/h3-7,12H,1-2H3,(H2,11,13). The van der Waals surface area contributed by atoms with E-state index in [9.17, 15) is 4.79 Å². The van der Waals surface area contributed by atoms with Crippen LogP contribution in [0.4, 0.5) is 5.69 Å². The number of carbonyl (C=O) groups excluding carboxylic acids is 1. The van der Waals surface area contributed by atoms with Gasteiger partial charge in [-0.15, -0.1) is 0 Å². The zero-order valence-corrected chi connectivity index (χ0v) is 8.28. The van der Waals surface area contributed by atoms with Crippen LogP contribution in [0.1, 0.15) is 6.92 Å². The first-order valence-electron chi connectivity index (χ1n) is 4.37. The van der Waals surface area contributed by atoms with Crippen molar-refractivity contribution in [3.8, 4) is 5.75 Å². The Labute approximate surface area is 83.1 Å². The minimum Gasteiger partial charge on any atom is -0.481 e. The van der Waals surface area contributed by atoms with Gasteiger partial charge in [-0.3, -0.25) is 4.79 Å². The second kappa shape index (κ2) is 4.50. The number of nitrogens with two attached hydrogens (primary N) is 1. The minimum absolute atomic E-state index is 0.470. The van der Waals surface area contributed by atoms with Crippen LogP contribution in [0, 0.1) is 0 Å². The molecule has 0 bridgehead atoms. The molecular weight excluding hydrogens is 180 g/mol. The second-order valence-corrected chi connectivity index (χ2v) is 2.94. The number of hydrogen-bond donors (Lipinski definition) is 2. The van der Waals surface area contributed by atoms with Crippen molar-refractivity contribution in [2.24, 2.45) is 5.73 Å². The van der Waals surface area contributed by atoms with Crippen molar-refractivity contribution >= 4 is 11.6 Å². The lowest BCUT2D eigenvalue weighted by atomic mass is 10.3. The van der Waals surface area contributed by atoms with Gasteiger partial charge >= 0.3 is 0 Å². The number of benzene rings is 1. The molecule has 0 saturated heterocycles. The molecule has 4 nitrogen and oxygen atoms in total. The maximum absolute atomic E-state index is 10.7. The molecular formula is C10H14N2O2. The summed E-state index contributed by atoms with van der Waals surface area (Å²) < 4.78 is 5.27. The fourth-order valence-electron chi connectivity index (χ4n) is 0.962. The van der Waals surface area contributed by atoms with E-state index in [4.69, 9.17) is 10.5 Å². The lowest BCUT2D eigenvalue weighted by molar-refractivity contribution is -0.123. The highest BCUT2D eigenvalue weighted by molar-refractivity contribution is 5.78. The third-order valence-corrected chi connectivity index (χ3v) is 1.86. The van der Waals surface area contributed by atoms with Gasteiger partial charge in [0.15, 0.2) is 6.10 Å². The molecule has 0 saturated carbocycles. The quantitative estimate of drug-likeness (QED) is 0.751. The number of carbonyl (C=O) groups is 1. The molecule has 0 aromatic heterocycles. The molecule has 1 rings (SSSR count). The maximum atomic E-state index is 10.7. The van der Waals surface area contributed by atoms with E-state index in [2.05, 4.69) is 5.32 Å². The summed E-state index contributed by atoms with van der Waals surface area (Å²) in [4.78, 5) is 10.7. The Morgan fingerprint density at radius 2 is 2.00 bits per heavy atom. The van der Waals surface area contributed by atoms with Crippen molar-refractivity contribution in [2.75, 3.05) is 12.4 Å². The van der Waals surface area contributed by atoms with Crippen LogP contribution in [-0.2, 0) is 4.79 Å². The molecule has 0 spiro atoms. The number of nitrogens with one attached hydrogen (secondary N) is 1. The van der Waals surface area contributed by atoms with Crippen LogP contribution < -0.4 is 15.8 Å². The van der Waals surface area contributed by atoms with Crippen LogP contribution in [0.2, 0.25) is 0 Å². The first-order chi connectivity index (χ1) is 6.63. The lowest BCUT2D eigenvalue weighted by Crippen LogP contribution is -2.30. The van der Waals surface area contributed by atoms with Crippen molar-refractivity contribution < 1.29 is 9.53 Å². The minimum atomic E-state index is -0.601. The highest BCUT2D eigenvalue weighted by Gasteiger charge is 2.09. The zero-order valence-electron chi connectivity index (χ0n) is 8.28. The van der Waals surface area contributed by atoms with E-state index < -0.39 is 12.0 Å². The van der Waals surface area contributed by atoms with E-state index in [1.807, 2.05) is 19.2 Å². The van der Waals surface area contributed by atoms with Gasteiger partial charge in [0, 0.05) is 12.7 Å². The average molecular weight is 194 g/mol. The molecule has 4 heteroatoms. The molecule has 1 amide bonds. The zero-order chi connectivity index (χ0) is 10.6. The van der Waals surface area contributed by atoms with Crippen LogP contribution in [0.5, 0.6) is 5.75 Å². The second-order valence-electron chi connectivity index (χ2n) is 2.94. The van der Waals surface area contributed by atoms with E-state index >= 15 is 0 Å². The molecule has 1 aromatic carbocycles. The summed E-state index contributed by atoms with van der Waals surface area (Å²) in [6.07, 6.45) is -0.601. The fourth-order valence-corrected chi connectivity index (χ4v) is 0.962. The molecule has 0 aliphatic rings. The van der Waals surface area contributed by atoms with E-state index in [0.29, 0.717) is 5.75 Å². The molecule has 0 fully saturated rings. The molecule has 0 heterocycles. The summed E-state index contributed by atoms with van der Waals surface area (Å²) in [5, 5.41) is 2.98. The van der Waals surface area contributed by atoms with Gasteiger partial charge in [0.25, 0.3) is 5.91 Å². The number of anilines is 1. The molecule has 0 aliphatic carbocycles. The third kappa shape index (κ3) is 2.65. The van der Waals surface area contributed by atoms with Gasteiger partial charge in [-0.2, -0.15) is 0 Å². The molecule has 1 aromatic rings. The van der Waals surface area contributed by atoms with E-state index in [1.165, 1.54) is 0 Å². The van der Waals surface area contributed by atoms with Gasteiger partial charge in [0.05, 0.1) is 0 Å². The van der Waals surface area contributed by atoms with Gasteiger partial charge < -0.3 is 15.8 Å². The van der Waals surface area contributed by atoms with Crippen LogP contribution in [-0.4, -0.2) is 19.1 Å². The summed E-state index contributed by atoms with van der Waals surface area (Å²) in [6.45, 7) is 1.62. The molecule has 0 aliphatic heterocycles. The molecule has 1 unspecified atom stereocenters. The molecule has 76 valence electrons. The predicted octanol–water partition coefficient (Wildman–Crippen LogP) is 0.981. The van der Waals surface area contributed by atoms with Gasteiger partial charge in [-0.25, -0.2) is 0 Å². The highest BCUT2D eigenvalue weighted by atomic mass is 16.5. The van der Waals surface area contributed by atoms with Crippen molar-refractivity contribution in [1.29, 1.82) is 0 Å². The van der Waals surface area contributed by atoms with E-state index in [1.54, 1.807) is 19.1 Å². The molecule has 3 N–H and O–H groups in total. The smallest absolute Gasteiger partial charge is 0.258 e. The summed E-state index contributed by atoms with van der Waals surface area (Å²) in [6, 6.07) is 7.29. The van der Waals surface area contributed by atoms with Crippen molar-refractivity contribution in [2.45, 2.75) is 13.0 Å². The fraction of sp³-hybridized carbons (Fsp3) is 0.300. The number of primary amides is 1. The van der Waals surface area contributed by atoms with E-state index in [-0.39, 0.29) is 0 Å². The van der Waals surface area contributed by atoms with Crippen molar-refractivity contribution in [3.05, 3.63) is 24.3 Å². The SMILES string of the molecule is CNc1ccc(OC(C)C(N)=O)cc1. The number of amides is 1. The summed E-state index contributed by atoms with van der Waals surface area (Å²) >= 11 is 0. The maximum Gasteiger partial charge on any atom is 0.258 e. The van der Waals surface area contributed by atoms with Gasteiger partial charge in [0.1, 0.15) is 5.75 Å². The van der Waals surface area contributed by atoms with Gasteiger partial charge in [-0.05, 0) is 31.2 Å². The van der Waals surface area contributed by atoms with Gasteiger partial charge in [0.2, 0.25) is 0 Å². The predicted molar refractivity (Wildman–Crippen MR) is 55.3 cm³/mol. The van der Waals surface area contributed by atoms with Crippen LogP contribution in [0.15, 0.2) is 24.3 Å². The Kier molecular flexibility index (Phi) is 3.34. The van der Waals surface area contributed by atoms with Crippen LogP contribution in [0.3, 0.4) is 0 Å². The number of hydrogen-bond acceptors (Lipinski definition) is 3. The number of rotatable bonds is 4. The number of ether oxygens (including phenoxy) is 1. The van der Waals surface area contributed by atoms with E-state index in [0.717, 1.165) is 5.69 Å². The third-order valence-electron chi connectivity index (χ3n) is 1.86. The van der Waals surface area contributed by atoms with Crippen LogP contribution in [0.25, 0.3) is 0 Å². The molecule has 14 heavy (non-hydrogen) atoms. The monoisotopic (exact) mass is 194 g/mol. The topological polar surface area (TPSA) is 64.3 Å². The Bertz CT molecular complexity index is 308. The lowest BCUT2D eigenvalue weighted by Gasteiger charge is -2.11. The summed E-state index contributed by atoms with van der Waals surface area (Å²) in [7, 11) is 1.84. The Hall–Kier alpha value is -1.71. The van der Waals surface area contributed by atoms with Gasteiger partial charge in [-0.1, -0.05) is 0 Å². The summed E-state index contributed by atoms with van der Waals surface area (Å²) in [5.74, 6) is 0.165. The van der Waals surface area contributed by atoms with Crippen LogP contribution >= 0.6 is 0 Å². The first kappa shape index (κ1) is 10.4. The molecule has 1 atom stereocenters. The average Bonchev–Trinajstić information content (AvgIpc) is 2.19. The van der Waals surface area contributed by atoms with Crippen molar-refractivity contribution in [3.63, 3.8) is 0 Å². The first-order valence-corrected chi connectivity index (χ1v) is 4.37. The Morgan fingerprint density at radius 1 is 1.43 bits per heavy atom.